The Hall–Kier alpha value is -1.59. The average Bonchev–Trinajstić information content (AvgIpc) is 2.57. The molecule has 5 heteroatoms. The zero-order valence-electron chi connectivity index (χ0n) is 15.3. The fourth-order valence-corrected chi connectivity index (χ4v) is 3.50. The van der Waals surface area contributed by atoms with Gasteiger partial charge in [-0.05, 0) is 24.3 Å². The summed E-state index contributed by atoms with van der Waals surface area (Å²) >= 11 is 0. The summed E-state index contributed by atoms with van der Waals surface area (Å²) in [4.78, 5) is 16.4. The van der Waals surface area contributed by atoms with E-state index in [-0.39, 0.29) is 24.7 Å². The summed E-state index contributed by atoms with van der Waals surface area (Å²) in [6.45, 7) is 9.13. The zero-order chi connectivity index (χ0) is 17.7. The molecule has 134 valence electrons. The van der Waals surface area contributed by atoms with Gasteiger partial charge in [-0.25, -0.2) is 4.79 Å². The van der Waals surface area contributed by atoms with Crippen LogP contribution in [0.1, 0.15) is 26.3 Å². The number of hydrogen-bond donors (Lipinski definition) is 2. The Morgan fingerprint density at radius 1 is 1.29 bits per heavy atom. The first-order valence-electron chi connectivity index (χ1n) is 8.82. The van der Waals surface area contributed by atoms with Crippen molar-refractivity contribution in [2.45, 2.75) is 39.4 Å². The molecule has 0 radical (unpaired) electrons. The number of amides is 2. The lowest BCUT2D eigenvalue weighted by molar-refractivity contribution is 0.0903. The minimum atomic E-state index is -0.172. The van der Waals surface area contributed by atoms with E-state index >= 15 is 0 Å². The van der Waals surface area contributed by atoms with Crippen LogP contribution < -0.4 is 5.32 Å². The first-order chi connectivity index (χ1) is 11.4. The first kappa shape index (κ1) is 18.7. The van der Waals surface area contributed by atoms with Gasteiger partial charge in [-0.2, -0.15) is 0 Å². The van der Waals surface area contributed by atoms with E-state index in [0.717, 1.165) is 19.6 Å². The fourth-order valence-electron chi connectivity index (χ4n) is 3.50. The second-order valence-electron chi connectivity index (χ2n) is 7.25. The van der Waals surface area contributed by atoms with Crippen LogP contribution in [0.15, 0.2) is 30.3 Å². The third kappa shape index (κ3) is 4.71. The second-order valence-corrected chi connectivity index (χ2v) is 7.25. The van der Waals surface area contributed by atoms with Gasteiger partial charge in [0.15, 0.2) is 0 Å². The Balaban J connectivity index is 1.92. The number of urea groups is 1. The summed E-state index contributed by atoms with van der Waals surface area (Å²) < 4.78 is 0. The molecule has 1 aliphatic rings. The predicted molar refractivity (Wildman–Crippen MR) is 96.7 cm³/mol. The lowest BCUT2D eigenvalue weighted by Gasteiger charge is -2.42. The van der Waals surface area contributed by atoms with Gasteiger partial charge in [0.25, 0.3) is 0 Å². The van der Waals surface area contributed by atoms with E-state index in [1.165, 1.54) is 5.56 Å². The minimum absolute atomic E-state index is 0.0233. The maximum absolute atomic E-state index is 12.4. The number of piperidine rings is 1. The Kier molecular flexibility index (Phi) is 6.63. The van der Waals surface area contributed by atoms with E-state index in [4.69, 9.17) is 0 Å². The SMILES string of the molecule is CC1CN(Cc2ccccc2)CC(C)C1NC(=O)N(C)C(C)CO. The lowest BCUT2D eigenvalue weighted by atomic mass is 9.85. The zero-order valence-corrected chi connectivity index (χ0v) is 15.3. The topological polar surface area (TPSA) is 55.8 Å². The van der Waals surface area contributed by atoms with Crippen LogP contribution in [-0.2, 0) is 6.54 Å². The standard InChI is InChI=1S/C19H31N3O2/c1-14-10-22(12-17-8-6-5-7-9-17)11-15(2)18(14)20-19(24)21(4)16(3)13-23/h5-9,14-16,18,23H,10-13H2,1-4H3,(H,20,24). The minimum Gasteiger partial charge on any atom is -0.394 e. The van der Waals surface area contributed by atoms with Crippen molar-refractivity contribution in [1.29, 1.82) is 0 Å². The smallest absolute Gasteiger partial charge is 0.317 e. The third-order valence-corrected chi connectivity index (χ3v) is 5.10. The molecule has 1 aromatic rings. The molecule has 0 saturated carbocycles. The van der Waals surface area contributed by atoms with Gasteiger partial charge in [0, 0.05) is 32.7 Å². The highest BCUT2D eigenvalue weighted by atomic mass is 16.3. The highest BCUT2D eigenvalue weighted by Gasteiger charge is 2.33. The van der Waals surface area contributed by atoms with Crippen LogP contribution in [0, 0.1) is 11.8 Å². The van der Waals surface area contributed by atoms with Gasteiger partial charge in [0.1, 0.15) is 0 Å². The summed E-state index contributed by atoms with van der Waals surface area (Å²) in [6.07, 6.45) is 0. The molecular formula is C19H31N3O2. The van der Waals surface area contributed by atoms with Crippen molar-refractivity contribution in [3.63, 3.8) is 0 Å². The summed E-state index contributed by atoms with van der Waals surface area (Å²) in [5.74, 6) is 0.776. The largest absolute Gasteiger partial charge is 0.394 e. The van der Waals surface area contributed by atoms with Gasteiger partial charge in [-0.15, -0.1) is 0 Å². The Morgan fingerprint density at radius 2 is 1.88 bits per heavy atom. The number of likely N-dealkylation sites (tertiary alicyclic amines) is 1. The quantitative estimate of drug-likeness (QED) is 0.868. The molecule has 1 aliphatic heterocycles. The van der Waals surface area contributed by atoms with E-state index in [1.54, 1.807) is 11.9 Å². The van der Waals surface area contributed by atoms with Gasteiger partial charge in [0.05, 0.1) is 12.6 Å². The average molecular weight is 333 g/mol. The summed E-state index contributed by atoms with van der Waals surface area (Å²) in [7, 11) is 1.73. The number of rotatable bonds is 5. The van der Waals surface area contributed by atoms with Crippen LogP contribution in [0.3, 0.4) is 0 Å². The van der Waals surface area contributed by atoms with E-state index in [0.29, 0.717) is 11.8 Å². The molecule has 3 unspecified atom stereocenters. The van der Waals surface area contributed by atoms with Crippen molar-refractivity contribution < 1.29 is 9.90 Å². The number of aliphatic hydroxyl groups excluding tert-OH is 1. The molecule has 2 N–H and O–H groups in total. The molecule has 0 aliphatic carbocycles. The number of nitrogens with one attached hydrogen (secondary N) is 1. The molecule has 0 bridgehead atoms. The van der Waals surface area contributed by atoms with Crippen molar-refractivity contribution in [3.05, 3.63) is 35.9 Å². The van der Waals surface area contributed by atoms with Crippen LogP contribution in [0.4, 0.5) is 4.79 Å². The van der Waals surface area contributed by atoms with E-state index in [9.17, 15) is 9.90 Å². The fraction of sp³-hybridized carbons (Fsp3) is 0.632. The molecule has 2 rings (SSSR count). The van der Waals surface area contributed by atoms with Crippen LogP contribution in [0.2, 0.25) is 0 Å². The Morgan fingerprint density at radius 3 is 2.42 bits per heavy atom. The normalized spacial score (nSPS) is 26.0. The lowest BCUT2D eigenvalue weighted by Crippen LogP contribution is -2.57. The molecule has 3 atom stereocenters. The van der Waals surface area contributed by atoms with Crippen LogP contribution in [0.5, 0.6) is 0 Å². The number of hydrogen-bond acceptors (Lipinski definition) is 3. The number of carbonyl (C=O) groups excluding carboxylic acids is 1. The van der Waals surface area contributed by atoms with Crippen LogP contribution >= 0.6 is 0 Å². The van der Waals surface area contributed by atoms with Crippen molar-refractivity contribution >= 4 is 6.03 Å². The highest BCUT2D eigenvalue weighted by Crippen LogP contribution is 2.24. The van der Waals surface area contributed by atoms with E-state index in [2.05, 4.69) is 48.3 Å². The van der Waals surface area contributed by atoms with Crippen molar-refractivity contribution in [1.82, 2.24) is 15.1 Å². The van der Waals surface area contributed by atoms with E-state index in [1.807, 2.05) is 13.0 Å². The van der Waals surface area contributed by atoms with Crippen molar-refractivity contribution in [2.75, 3.05) is 26.7 Å². The molecule has 5 nitrogen and oxygen atoms in total. The number of nitrogens with zero attached hydrogens (tertiary/aromatic N) is 2. The second kappa shape index (κ2) is 8.49. The van der Waals surface area contributed by atoms with Crippen molar-refractivity contribution in [3.8, 4) is 0 Å². The first-order valence-corrected chi connectivity index (χ1v) is 8.82. The van der Waals surface area contributed by atoms with E-state index < -0.39 is 0 Å². The summed E-state index contributed by atoms with van der Waals surface area (Å²) in [5, 5.41) is 12.4. The van der Waals surface area contributed by atoms with Crippen LogP contribution in [0.25, 0.3) is 0 Å². The summed E-state index contributed by atoms with van der Waals surface area (Å²) in [5.41, 5.74) is 1.33. The van der Waals surface area contributed by atoms with Gasteiger partial charge >= 0.3 is 6.03 Å². The predicted octanol–water partition coefficient (Wildman–Crippen LogP) is 2.17. The van der Waals surface area contributed by atoms with Gasteiger partial charge in [-0.3, -0.25) is 4.90 Å². The number of benzene rings is 1. The monoisotopic (exact) mass is 333 g/mol. The highest BCUT2D eigenvalue weighted by molar-refractivity contribution is 5.74. The molecule has 0 spiro atoms. The molecule has 24 heavy (non-hydrogen) atoms. The molecule has 1 saturated heterocycles. The maximum Gasteiger partial charge on any atom is 0.317 e. The number of aliphatic hydroxyl groups is 1. The van der Waals surface area contributed by atoms with Gasteiger partial charge in [-0.1, -0.05) is 44.2 Å². The number of likely N-dealkylation sites (N-methyl/N-ethyl adjacent to an activating group) is 1. The van der Waals surface area contributed by atoms with Crippen molar-refractivity contribution in [2.24, 2.45) is 11.8 Å². The maximum atomic E-state index is 12.4. The Bertz CT molecular complexity index is 511. The van der Waals surface area contributed by atoms with Gasteiger partial charge in [0.2, 0.25) is 0 Å². The number of carbonyl (C=O) groups is 1. The molecule has 0 aromatic heterocycles. The summed E-state index contributed by atoms with van der Waals surface area (Å²) in [6, 6.07) is 10.4. The Labute approximate surface area is 145 Å². The van der Waals surface area contributed by atoms with Crippen LogP contribution in [-0.4, -0.2) is 59.8 Å². The van der Waals surface area contributed by atoms with Gasteiger partial charge < -0.3 is 15.3 Å². The molecule has 1 aromatic carbocycles. The molecule has 1 fully saturated rings. The molecule has 2 amide bonds. The third-order valence-electron chi connectivity index (χ3n) is 5.10. The molecular weight excluding hydrogens is 302 g/mol. The molecule has 1 heterocycles.